The van der Waals surface area contributed by atoms with Crippen molar-refractivity contribution in [3.63, 3.8) is 0 Å². The minimum atomic E-state index is 0.0694. The van der Waals surface area contributed by atoms with Crippen molar-refractivity contribution in [1.82, 2.24) is 20.4 Å². The van der Waals surface area contributed by atoms with Crippen molar-refractivity contribution < 1.29 is 9.59 Å². The van der Waals surface area contributed by atoms with E-state index >= 15 is 0 Å². The number of hydrogen-bond acceptors (Lipinski definition) is 4. The number of hydrogen-bond donors (Lipinski definition) is 2. The summed E-state index contributed by atoms with van der Waals surface area (Å²) in [6.45, 7) is 5.46. The first-order valence-corrected chi connectivity index (χ1v) is 6.61. The Hall–Kier alpha value is -1.14. The highest BCUT2D eigenvalue weighted by molar-refractivity contribution is 5.81. The molecule has 102 valence electrons. The largest absolute Gasteiger partial charge is 0.355 e. The van der Waals surface area contributed by atoms with Crippen LogP contribution >= 0.6 is 0 Å². The molecule has 0 spiro atoms. The monoisotopic (exact) mass is 254 g/mol. The molecular weight excluding hydrogens is 232 g/mol. The van der Waals surface area contributed by atoms with Gasteiger partial charge in [0, 0.05) is 52.2 Å². The Labute approximate surface area is 108 Å². The van der Waals surface area contributed by atoms with Gasteiger partial charge in [0.1, 0.15) is 0 Å². The van der Waals surface area contributed by atoms with Gasteiger partial charge in [-0.3, -0.25) is 9.59 Å². The zero-order chi connectivity index (χ0) is 13.0. The smallest absolute Gasteiger partial charge is 0.225 e. The van der Waals surface area contributed by atoms with Gasteiger partial charge in [-0.2, -0.15) is 0 Å². The Morgan fingerprint density at radius 1 is 1.22 bits per heavy atom. The van der Waals surface area contributed by atoms with Gasteiger partial charge in [0.15, 0.2) is 0 Å². The quantitative estimate of drug-likeness (QED) is 0.640. The van der Waals surface area contributed by atoms with Gasteiger partial charge in [-0.15, -0.1) is 0 Å². The fourth-order valence-corrected chi connectivity index (χ4v) is 2.13. The molecule has 2 saturated heterocycles. The minimum Gasteiger partial charge on any atom is -0.355 e. The third-order valence-corrected chi connectivity index (χ3v) is 3.65. The van der Waals surface area contributed by atoms with Crippen LogP contribution in [0.1, 0.15) is 6.42 Å². The molecule has 6 heteroatoms. The Morgan fingerprint density at radius 2 is 1.89 bits per heavy atom. The molecule has 0 bridgehead atoms. The van der Waals surface area contributed by atoms with Crippen molar-refractivity contribution in [3.8, 4) is 0 Å². The number of piperazine rings is 1. The molecule has 2 fully saturated rings. The van der Waals surface area contributed by atoms with E-state index in [0.717, 1.165) is 39.3 Å². The molecule has 0 aliphatic carbocycles. The second-order valence-corrected chi connectivity index (χ2v) is 5.08. The molecule has 0 unspecified atom stereocenters. The van der Waals surface area contributed by atoms with Gasteiger partial charge in [-0.05, 0) is 7.05 Å². The average Bonchev–Trinajstić information content (AvgIpc) is 2.27. The number of amides is 2. The Bertz CT molecular complexity index is 309. The van der Waals surface area contributed by atoms with Crippen molar-refractivity contribution in [2.45, 2.75) is 6.42 Å². The summed E-state index contributed by atoms with van der Waals surface area (Å²) in [6.07, 6.45) is 0.412. The SMILES string of the molecule is CN1CCN(C(=O)CCNC(=O)C2CNC2)CC1. The van der Waals surface area contributed by atoms with Gasteiger partial charge >= 0.3 is 0 Å². The number of rotatable bonds is 4. The van der Waals surface area contributed by atoms with Crippen LogP contribution in [-0.4, -0.2) is 74.5 Å². The number of nitrogens with one attached hydrogen (secondary N) is 2. The standard InChI is InChI=1S/C12H22N4O2/c1-15-4-6-16(7-5-15)11(17)2-3-14-12(18)10-8-13-9-10/h10,13H,2-9H2,1H3,(H,14,18). The first kappa shape index (κ1) is 13.3. The van der Waals surface area contributed by atoms with Crippen LogP contribution in [0.15, 0.2) is 0 Å². The lowest BCUT2D eigenvalue weighted by Gasteiger charge is -2.32. The van der Waals surface area contributed by atoms with E-state index in [4.69, 9.17) is 0 Å². The minimum absolute atomic E-state index is 0.0694. The molecule has 2 aliphatic rings. The average molecular weight is 254 g/mol. The zero-order valence-electron chi connectivity index (χ0n) is 10.9. The Kier molecular flexibility index (Phi) is 4.54. The number of carbonyl (C=O) groups excluding carboxylic acids is 2. The molecule has 2 N–H and O–H groups in total. The van der Waals surface area contributed by atoms with Crippen molar-refractivity contribution in [3.05, 3.63) is 0 Å². The van der Waals surface area contributed by atoms with Gasteiger partial charge in [-0.1, -0.05) is 0 Å². The van der Waals surface area contributed by atoms with E-state index < -0.39 is 0 Å². The lowest BCUT2D eigenvalue weighted by Crippen LogP contribution is -2.51. The number of likely N-dealkylation sites (N-methyl/N-ethyl adjacent to an activating group) is 1. The van der Waals surface area contributed by atoms with E-state index in [1.807, 2.05) is 4.90 Å². The molecule has 0 aromatic rings. The first-order chi connectivity index (χ1) is 8.66. The van der Waals surface area contributed by atoms with Gasteiger partial charge in [0.05, 0.1) is 5.92 Å². The van der Waals surface area contributed by atoms with Crippen molar-refractivity contribution >= 4 is 11.8 Å². The van der Waals surface area contributed by atoms with Crippen LogP contribution in [0.5, 0.6) is 0 Å². The summed E-state index contributed by atoms with van der Waals surface area (Å²) in [5.74, 6) is 0.318. The van der Waals surface area contributed by atoms with Crippen LogP contribution in [0.3, 0.4) is 0 Å². The molecule has 0 radical (unpaired) electrons. The lowest BCUT2D eigenvalue weighted by molar-refractivity contribution is -0.132. The number of nitrogens with zero attached hydrogens (tertiary/aromatic N) is 2. The van der Waals surface area contributed by atoms with Gasteiger partial charge < -0.3 is 20.4 Å². The summed E-state index contributed by atoms with van der Waals surface area (Å²) in [5.41, 5.74) is 0. The van der Waals surface area contributed by atoms with Crippen molar-refractivity contribution in [2.24, 2.45) is 5.92 Å². The summed E-state index contributed by atoms with van der Waals surface area (Å²) >= 11 is 0. The van der Waals surface area contributed by atoms with Crippen LogP contribution in [-0.2, 0) is 9.59 Å². The van der Waals surface area contributed by atoms with Gasteiger partial charge in [0.2, 0.25) is 11.8 Å². The molecule has 2 amide bonds. The molecule has 2 heterocycles. The fraction of sp³-hybridized carbons (Fsp3) is 0.833. The highest BCUT2D eigenvalue weighted by Gasteiger charge is 2.25. The molecule has 0 saturated carbocycles. The summed E-state index contributed by atoms with van der Waals surface area (Å²) in [4.78, 5) is 27.5. The normalized spacial score (nSPS) is 21.5. The Morgan fingerprint density at radius 3 is 2.44 bits per heavy atom. The molecule has 0 aromatic carbocycles. The molecule has 6 nitrogen and oxygen atoms in total. The summed E-state index contributed by atoms with van der Waals surface area (Å²) in [7, 11) is 2.06. The topological polar surface area (TPSA) is 64.7 Å². The van der Waals surface area contributed by atoms with E-state index in [9.17, 15) is 9.59 Å². The van der Waals surface area contributed by atoms with Crippen LogP contribution in [0.25, 0.3) is 0 Å². The fourth-order valence-electron chi connectivity index (χ4n) is 2.13. The summed E-state index contributed by atoms with van der Waals surface area (Å²) in [5, 5.41) is 5.88. The lowest BCUT2D eigenvalue weighted by atomic mass is 10.0. The van der Waals surface area contributed by atoms with E-state index in [1.165, 1.54) is 0 Å². The van der Waals surface area contributed by atoms with E-state index in [1.54, 1.807) is 0 Å². The van der Waals surface area contributed by atoms with Crippen molar-refractivity contribution in [1.29, 1.82) is 0 Å². The summed E-state index contributed by atoms with van der Waals surface area (Å²) < 4.78 is 0. The third kappa shape index (κ3) is 3.43. The summed E-state index contributed by atoms with van der Waals surface area (Å²) in [6, 6.07) is 0. The van der Waals surface area contributed by atoms with E-state index in [-0.39, 0.29) is 17.7 Å². The Balaban J connectivity index is 1.60. The van der Waals surface area contributed by atoms with Gasteiger partial charge in [-0.25, -0.2) is 0 Å². The molecule has 2 rings (SSSR count). The zero-order valence-corrected chi connectivity index (χ0v) is 10.9. The van der Waals surface area contributed by atoms with Crippen LogP contribution in [0, 0.1) is 5.92 Å². The highest BCUT2D eigenvalue weighted by Crippen LogP contribution is 2.03. The van der Waals surface area contributed by atoms with E-state index in [0.29, 0.717) is 13.0 Å². The molecule has 2 aliphatic heterocycles. The third-order valence-electron chi connectivity index (χ3n) is 3.65. The molecule has 0 aromatic heterocycles. The maximum absolute atomic E-state index is 11.9. The van der Waals surface area contributed by atoms with Crippen molar-refractivity contribution in [2.75, 3.05) is 52.9 Å². The predicted octanol–water partition coefficient (Wildman–Crippen LogP) is -1.51. The maximum atomic E-state index is 11.9. The molecule has 18 heavy (non-hydrogen) atoms. The van der Waals surface area contributed by atoms with Crippen LogP contribution < -0.4 is 10.6 Å². The van der Waals surface area contributed by atoms with Crippen LogP contribution in [0.2, 0.25) is 0 Å². The first-order valence-electron chi connectivity index (χ1n) is 6.61. The predicted molar refractivity (Wildman–Crippen MR) is 68.1 cm³/mol. The van der Waals surface area contributed by atoms with Crippen LogP contribution in [0.4, 0.5) is 0 Å². The molecular formula is C12H22N4O2. The highest BCUT2D eigenvalue weighted by atomic mass is 16.2. The second kappa shape index (κ2) is 6.15. The van der Waals surface area contributed by atoms with Gasteiger partial charge in [0.25, 0.3) is 0 Å². The number of carbonyl (C=O) groups is 2. The molecule has 0 atom stereocenters. The maximum Gasteiger partial charge on any atom is 0.225 e. The van der Waals surface area contributed by atoms with E-state index in [2.05, 4.69) is 22.6 Å². The second-order valence-electron chi connectivity index (χ2n) is 5.08.